The number of nitrogens with two attached hydrogens (primary N) is 2. The third-order valence-electron chi connectivity index (χ3n) is 12.4. The number of nitrogens with zero attached hydrogens (tertiary/aromatic N) is 1. The molecule has 0 unspecified atom stereocenters. The van der Waals surface area contributed by atoms with Crippen molar-refractivity contribution in [2.24, 2.45) is 11.5 Å². The zero-order valence-electron chi connectivity index (χ0n) is 44.6. The molecule has 0 bridgehead atoms. The fourth-order valence-corrected chi connectivity index (χ4v) is 8.05. The molecule has 0 aliphatic rings. The predicted octanol–water partition coefficient (Wildman–Crippen LogP) is 12.3. The Hall–Kier alpha value is -4.04. The molecule has 14 nitrogen and oxygen atoms in total. The van der Waals surface area contributed by atoms with Crippen LogP contribution in [0, 0.1) is 0 Å². The average molecular weight is 988 g/mol. The lowest BCUT2D eigenvalue weighted by Gasteiger charge is -2.33. The SMILES string of the molecule is CCCCCCCCCCCCCCCC(=O)OC[C@H](COC(=O)CC[C@H](C(N)=O)N(C(=O)OC(C)(C)C)C(=O)[C@@H](N)[C@@H](C)OCc1ccccc1)OC(=O)CCCCCCCCCCCCCCC. The molecule has 0 heterocycles. The first-order valence-electron chi connectivity index (χ1n) is 27.4. The molecule has 0 saturated heterocycles. The number of amides is 3. The van der Waals surface area contributed by atoms with Crippen molar-refractivity contribution in [3.8, 4) is 0 Å². The van der Waals surface area contributed by atoms with Gasteiger partial charge in [0.25, 0.3) is 5.91 Å². The molecule has 14 heteroatoms. The number of hydrogen-bond donors (Lipinski definition) is 2. The van der Waals surface area contributed by atoms with Crippen LogP contribution in [0.1, 0.15) is 240 Å². The van der Waals surface area contributed by atoms with Crippen molar-refractivity contribution < 1.29 is 52.5 Å². The highest BCUT2D eigenvalue weighted by Crippen LogP contribution is 2.20. The topological polar surface area (TPSA) is 204 Å². The number of esters is 3. The number of carbonyl (C=O) groups excluding carboxylic acids is 6. The number of unbranched alkanes of at least 4 members (excludes halogenated alkanes) is 24. The van der Waals surface area contributed by atoms with E-state index in [-0.39, 0.29) is 26.1 Å². The van der Waals surface area contributed by atoms with Gasteiger partial charge in [0.15, 0.2) is 6.10 Å². The van der Waals surface area contributed by atoms with Crippen molar-refractivity contribution >= 4 is 35.8 Å². The lowest BCUT2D eigenvalue weighted by molar-refractivity contribution is -0.167. The lowest BCUT2D eigenvalue weighted by atomic mass is 10.0. The summed E-state index contributed by atoms with van der Waals surface area (Å²) in [4.78, 5) is 79.8. The predicted molar refractivity (Wildman–Crippen MR) is 276 cm³/mol. The summed E-state index contributed by atoms with van der Waals surface area (Å²) in [7, 11) is 0. The molecule has 402 valence electrons. The maximum Gasteiger partial charge on any atom is 0.417 e. The van der Waals surface area contributed by atoms with Gasteiger partial charge in [0, 0.05) is 19.3 Å². The summed E-state index contributed by atoms with van der Waals surface area (Å²) in [6.45, 7) is 10.2. The van der Waals surface area contributed by atoms with Gasteiger partial charge >= 0.3 is 24.0 Å². The fourth-order valence-electron chi connectivity index (χ4n) is 8.05. The maximum atomic E-state index is 13.9. The van der Waals surface area contributed by atoms with Crippen molar-refractivity contribution in [2.75, 3.05) is 13.2 Å². The number of hydrogen-bond acceptors (Lipinski definition) is 12. The smallest absolute Gasteiger partial charge is 0.417 e. The first-order valence-corrected chi connectivity index (χ1v) is 27.4. The van der Waals surface area contributed by atoms with Gasteiger partial charge in [-0.25, -0.2) is 9.69 Å². The van der Waals surface area contributed by atoms with Crippen LogP contribution < -0.4 is 11.5 Å². The second-order valence-corrected chi connectivity index (χ2v) is 20.1. The summed E-state index contributed by atoms with van der Waals surface area (Å²) in [6, 6.07) is 6.18. The summed E-state index contributed by atoms with van der Waals surface area (Å²) in [5.41, 5.74) is 11.8. The minimum absolute atomic E-state index is 0.134. The molecule has 0 aliphatic heterocycles. The van der Waals surface area contributed by atoms with Crippen molar-refractivity contribution in [2.45, 2.75) is 271 Å². The molecular formula is C56H97N3O11. The Morgan fingerprint density at radius 2 is 0.971 bits per heavy atom. The van der Waals surface area contributed by atoms with Gasteiger partial charge in [0.05, 0.1) is 12.7 Å². The largest absolute Gasteiger partial charge is 0.462 e. The zero-order chi connectivity index (χ0) is 51.8. The summed E-state index contributed by atoms with van der Waals surface area (Å²) < 4.78 is 28.0. The van der Waals surface area contributed by atoms with Gasteiger partial charge in [-0.2, -0.15) is 0 Å². The molecule has 4 atom stereocenters. The first kappa shape index (κ1) is 64.0. The van der Waals surface area contributed by atoms with E-state index in [1.54, 1.807) is 27.7 Å². The number of ether oxygens (including phenoxy) is 5. The van der Waals surface area contributed by atoms with Gasteiger partial charge < -0.3 is 35.2 Å². The van der Waals surface area contributed by atoms with Crippen molar-refractivity contribution in [3.63, 3.8) is 0 Å². The molecule has 3 amide bonds. The minimum atomic E-state index is -1.64. The summed E-state index contributed by atoms with van der Waals surface area (Å²) >= 11 is 0. The standard InChI is InChI=1S/C56H97N3O11/c1-7-9-11-13-15-17-19-21-23-25-27-29-34-38-49(60)67-43-47(69-51(62)39-35-30-28-26-24-22-20-18-16-14-12-10-8-2)44-68-50(61)41-40-48(53(58)63)59(55(65)70-56(4,5)6)54(64)52(57)45(3)66-42-46-36-32-31-33-37-46/h31-33,36-37,45,47-48,52H,7-30,34-35,38-44,57H2,1-6H3,(H2,58,63)/t45-,47-,48-,52+/m1/s1. The Labute approximate surface area is 423 Å². The Morgan fingerprint density at radius 1 is 0.571 bits per heavy atom. The van der Waals surface area contributed by atoms with E-state index in [0.29, 0.717) is 17.7 Å². The molecule has 70 heavy (non-hydrogen) atoms. The number of carbonyl (C=O) groups is 6. The molecule has 1 rings (SSSR count). The van der Waals surface area contributed by atoms with Crippen LogP contribution >= 0.6 is 0 Å². The zero-order valence-corrected chi connectivity index (χ0v) is 44.6. The van der Waals surface area contributed by atoms with E-state index in [9.17, 15) is 28.8 Å². The number of benzene rings is 1. The highest BCUT2D eigenvalue weighted by atomic mass is 16.6. The molecule has 4 N–H and O–H groups in total. The Balaban J connectivity index is 2.82. The Bertz CT molecular complexity index is 1550. The van der Waals surface area contributed by atoms with Gasteiger partial charge in [-0.1, -0.05) is 198 Å². The molecule has 1 aromatic carbocycles. The van der Waals surface area contributed by atoms with Crippen LogP contribution in [0.25, 0.3) is 0 Å². The molecule has 0 aromatic heterocycles. The molecule has 1 aromatic rings. The summed E-state index contributed by atoms with van der Waals surface area (Å²) in [5.74, 6) is -3.81. The normalized spacial score (nSPS) is 13.2. The highest BCUT2D eigenvalue weighted by molar-refractivity contribution is 6.00. The minimum Gasteiger partial charge on any atom is -0.462 e. The number of imide groups is 1. The number of rotatable bonds is 43. The van der Waals surface area contributed by atoms with Crippen molar-refractivity contribution in [3.05, 3.63) is 35.9 Å². The van der Waals surface area contributed by atoms with Crippen molar-refractivity contribution in [1.29, 1.82) is 0 Å². The quantitative estimate of drug-likeness (QED) is 0.0356. The van der Waals surface area contributed by atoms with Gasteiger partial charge in [-0.15, -0.1) is 0 Å². The molecular weight excluding hydrogens is 891 g/mol. The van der Waals surface area contributed by atoms with Gasteiger partial charge in [0.1, 0.15) is 30.9 Å². The van der Waals surface area contributed by atoms with Crippen LogP contribution in [0.2, 0.25) is 0 Å². The van der Waals surface area contributed by atoms with Crippen LogP contribution in [-0.2, 0) is 54.3 Å². The molecule has 0 radical (unpaired) electrons. The van der Waals surface area contributed by atoms with Crippen molar-refractivity contribution in [1.82, 2.24) is 4.90 Å². The Morgan fingerprint density at radius 3 is 1.39 bits per heavy atom. The lowest BCUT2D eigenvalue weighted by Crippen LogP contribution is -2.59. The van der Waals surface area contributed by atoms with E-state index < -0.39 is 85.2 Å². The van der Waals surface area contributed by atoms with Crippen LogP contribution in [0.15, 0.2) is 30.3 Å². The van der Waals surface area contributed by atoms with E-state index in [2.05, 4.69) is 13.8 Å². The van der Waals surface area contributed by atoms with Crippen LogP contribution in [-0.4, -0.2) is 83.8 Å². The third kappa shape index (κ3) is 33.5. The third-order valence-corrected chi connectivity index (χ3v) is 12.4. The maximum absolute atomic E-state index is 13.9. The van der Waals surface area contributed by atoms with E-state index >= 15 is 0 Å². The molecule has 0 spiro atoms. The first-order chi connectivity index (χ1) is 33.6. The second kappa shape index (κ2) is 40.5. The van der Waals surface area contributed by atoms with Crippen LogP contribution in [0.3, 0.4) is 0 Å². The van der Waals surface area contributed by atoms with Crippen LogP contribution in [0.5, 0.6) is 0 Å². The second-order valence-electron chi connectivity index (χ2n) is 20.1. The number of primary amides is 1. The summed E-state index contributed by atoms with van der Waals surface area (Å²) in [5, 5.41) is 0. The van der Waals surface area contributed by atoms with Crippen LogP contribution in [0.4, 0.5) is 4.79 Å². The average Bonchev–Trinajstić information content (AvgIpc) is 3.32. The van der Waals surface area contributed by atoms with E-state index in [1.807, 2.05) is 30.3 Å². The highest BCUT2D eigenvalue weighted by Gasteiger charge is 2.40. The van der Waals surface area contributed by atoms with E-state index in [1.165, 1.54) is 116 Å². The summed E-state index contributed by atoms with van der Waals surface area (Å²) in [6.07, 6.45) is 27.0. The molecule has 0 aliphatic carbocycles. The fraction of sp³-hybridized carbons (Fsp3) is 0.786. The molecule has 0 fully saturated rings. The van der Waals surface area contributed by atoms with Gasteiger partial charge in [-0.05, 0) is 52.5 Å². The van der Waals surface area contributed by atoms with E-state index in [4.69, 9.17) is 35.2 Å². The van der Waals surface area contributed by atoms with Gasteiger partial charge in [0.2, 0.25) is 5.91 Å². The monoisotopic (exact) mass is 988 g/mol. The Kier molecular flexibility index (Phi) is 37.1. The molecule has 0 saturated carbocycles. The van der Waals surface area contributed by atoms with Gasteiger partial charge in [-0.3, -0.25) is 24.0 Å². The van der Waals surface area contributed by atoms with E-state index in [0.717, 1.165) is 44.1 Å².